The minimum Gasteiger partial charge on any atom is -0.490 e. The monoisotopic (exact) mass is 709 g/mol. The molecule has 1 aliphatic rings. The van der Waals surface area contributed by atoms with Gasteiger partial charge in [0.1, 0.15) is 11.9 Å². The first-order valence-corrected chi connectivity index (χ1v) is 15.9. The minimum absolute atomic E-state index is 0.0829. The van der Waals surface area contributed by atoms with Crippen LogP contribution in [0.3, 0.4) is 0 Å². The van der Waals surface area contributed by atoms with Crippen LogP contribution in [0, 0.1) is 16.0 Å². The summed E-state index contributed by atoms with van der Waals surface area (Å²) in [5, 5.41) is 16.3. The fraction of sp³-hybridized carbons (Fsp3) is 0.314. The number of benzene rings is 3. The number of nitrogens with one attached hydrogen (secondary N) is 1. The minimum atomic E-state index is -5.45. The first kappa shape index (κ1) is 36.4. The van der Waals surface area contributed by atoms with Crippen molar-refractivity contribution in [3.63, 3.8) is 0 Å². The Hall–Kier alpha value is -5.93. The quantitative estimate of drug-likeness (QED) is 0.0775. The van der Waals surface area contributed by atoms with Crippen LogP contribution in [0.1, 0.15) is 50.4 Å². The zero-order valence-corrected chi connectivity index (χ0v) is 27.7. The van der Waals surface area contributed by atoms with Crippen LogP contribution in [0.4, 0.5) is 30.4 Å². The molecule has 0 aliphatic carbocycles. The van der Waals surface area contributed by atoms with Crippen molar-refractivity contribution in [1.82, 2.24) is 9.88 Å². The number of carbonyl (C=O) groups is 3. The number of hydrogen-bond donors (Lipinski definition) is 2. The van der Waals surface area contributed by atoms with Crippen molar-refractivity contribution in [2.75, 3.05) is 24.2 Å². The number of anilines is 2. The summed E-state index contributed by atoms with van der Waals surface area (Å²) in [4.78, 5) is 55.9. The molecule has 0 spiro atoms. The molecular formula is C35H34F3N5O8. The van der Waals surface area contributed by atoms with E-state index in [1.807, 2.05) is 13.8 Å². The SMILES string of the molecule is CCOc1cc(C(Nc2ccc3c(N)nccc3c2)C(=O)N2CCC(C(=O)OC(=O)C(F)(F)F)C2c2cccc([N+](=O)[O-])c2)ccc1OC(C)C. The number of nitrogens with two attached hydrogens (primary N) is 1. The number of likely N-dealkylation sites (tertiary alicyclic amines) is 1. The van der Waals surface area contributed by atoms with Gasteiger partial charge in [0.25, 0.3) is 5.69 Å². The first-order valence-electron chi connectivity index (χ1n) is 15.9. The molecule has 3 aromatic carbocycles. The highest BCUT2D eigenvalue weighted by molar-refractivity contribution is 5.95. The second-order valence-corrected chi connectivity index (χ2v) is 11.9. The molecule has 3 atom stereocenters. The van der Waals surface area contributed by atoms with Gasteiger partial charge in [0.2, 0.25) is 5.91 Å². The van der Waals surface area contributed by atoms with Gasteiger partial charge in [-0.15, -0.1) is 0 Å². The molecule has 2 heterocycles. The van der Waals surface area contributed by atoms with Crippen LogP contribution in [0.2, 0.25) is 0 Å². The van der Waals surface area contributed by atoms with Crippen molar-refractivity contribution >= 4 is 45.8 Å². The fourth-order valence-corrected chi connectivity index (χ4v) is 5.98. The van der Waals surface area contributed by atoms with Crippen molar-refractivity contribution in [2.24, 2.45) is 5.92 Å². The summed E-state index contributed by atoms with van der Waals surface area (Å²) >= 11 is 0. The van der Waals surface area contributed by atoms with Gasteiger partial charge >= 0.3 is 18.1 Å². The average molecular weight is 710 g/mol. The number of rotatable bonds is 11. The predicted molar refractivity (Wildman–Crippen MR) is 179 cm³/mol. The highest BCUT2D eigenvalue weighted by Gasteiger charge is 2.49. The van der Waals surface area contributed by atoms with Crippen molar-refractivity contribution in [3.05, 3.63) is 94.2 Å². The number of nitro groups is 1. The first-order chi connectivity index (χ1) is 24.2. The van der Waals surface area contributed by atoms with Gasteiger partial charge in [0, 0.05) is 35.9 Å². The Morgan fingerprint density at radius 1 is 1.08 bits per heavy atom. The number of nitro benzene ring substituents is 1. The lowest BCUT2D eigenvalue weighted by Gasteiger charge is -2.32. The zero-order chi connectivity index (χ0) is 37.0. The lowest BCUT2D eigenvalue weighted by atomic mass is 9.92. The molecule has 3 unspecified atom stereocenters. The van der Waals surface area contributed by atoms with Crippen LogP contribution in [0.15, 0.2) is 72.9 Å². The van der Waals surface area contributed by atoms with Gasteiger partial charge in [-0.05, 0) is 80.1 Å². The molecular weight excluding hydrogens is 675 g/mol. The van der Waals surface area contributed by atoms with Crippen LogP contribution in [-0.4, -0.2) is 58.1 Å². The number of carbonyl (C=O) groups excluding carboxylic acids is 3. The molecule has 1 amide bonds. The normalized spacial score (nSPS) is 16.5. The molecule has 1 fully saturated rings. The van der Waals surface area contributed by atoms with Gasteiger partial charge in [-0.1, -0.05) is 18.2 Å². The number of aromatic nitrogens is 1. The molecule has 13 nitrogen and oxygen atoms in total. The van der Waals surface area contributed by atoms with Gasteiger partial charge in [-0.25, -0.2) is 9.78 Å². The standard InChI is InChI=1S/C35H34F3N5O8/c1-4-49-28-18-21(8-11-27(28)50-19(2)3)29(41-23-9-10-25-20(16-23)12-14-40-31(25)39)32(44)42-15-13-26(33(45)51-34(46)35(36,37)38)30(42)22-6-5-7-24(17-22)43(47)48/h5-12,14,16-19,26,29-30,41H,4,13,15H2,1-3H3,(H2,39,40). The maximum atomic E-state index is 14.8. The van der Waals surface area contributed by atoms with E-state index in [9.17, 15) is 37.7 Å². The predicted octanol–water partition coefficient (Wildman–Crippen LogP) is 6.29. The van der Waals surface area contributed by atoms with Crippen molar-refractivity contribution in [2.45, 2.75) is 51.6 Å². The van der Waals surface area contributed by atoms with E-state index in [4.69, 9.17) is 15.2 Å². The van der Waals surface area contributed by atoms with E-state index >= 15 is 0 Å². The van der Waals surface area contributed by atoms with Gasteiger partial charge in [-0.3, -0.25) is 19.7 Å². The molecule has 5 rings (SSSR count). The molecule has 0 bridgehead atoms. The Morgan fingerprint density at radius 3 is 2.53 bits per heavy atom. The topological polar surface area (TPSA) is 176 Å². The number of nitrogens with zero attached hydrogens (tertiary/aromatic N) is 3. The Bertz CT molecular complexity index is 1970. The summed E-state index contributed by atoms with van der Waals surface area (Å²) in [5.41, 5.74) is 6.60. The van der Waals surface area contributed by atoms with Crippen LogP contribution < -0.4 is 20.5 Å². The molecule has 3 N–H and O–H groups in total. The molecule has 16 heteroatoms. The second kappa shape index (κ2) is 14.9. The van der Waals surface area contributed by atoms with Crippen LogP contribution in [-0.2, 0) is 19.1 Å². The third-order valence-electron chi connectivity index (χ3n) is 8.15. The van der Waals surface area contributed by atoms with Crippen LogP contribution in [0.5, 0.6) is 11.5 Å². The number of fused-ring (bicyclic) bond motifs is 1. The molecule has 4 aromatic rings. The van der Waals surface area contributed by atoms with E-state index in [-0.39, 0.29) is 36.9 Å². The molecule has 1 saturated heterocycles. The summed E-state index contributed by atoms with van der Waals surface area (Å²) in [6.45, 7) is 5.55. The second-order valence-electron chi connectivity index (χ2n) is 11.9. The number of ether oxygens (including phenoxy) is 3. The highest BCUT2D eigenvalue weighted by Crippen LogP contribution is 2.42. The number of nitrogen functional groups attached to an aromatic ring is 1. The third-order valence-corrected chi connectivity index (χ3v) is 8.15. The molecule has 0 radical (unpaired) electrons. The summed E-state index contributed by atoms with van der Waals surface area (Å²) in [6.07, 6.45) is -4.33. The summed E-state index contributed by atoms with van der Waals surface area (Å²) in [6, 6.07) is 14.3. The Morgan fingerprint density at radius 2 is 1.84 bits per heavy atom. The Kier molecular flexibility index (Phi) is 10.6. The van der Waals surface area contributed by atoms with Gasteiger partial charge in [-0.2, -0.15) is 13.2 Å². The summed E-state index contributed by atoms with van der Waals surface area (Å²) in [7, 11) is 0. The van der Waals surface area contributed by atoms with E-state index in [0.717, 1.165) is 6.07 Å². The van der Waals surface area contributed by atoms with E-state index in [1.165, 1.54) is 29.3 Å². The summed E-state index contributed by atoms with van der Waals surface area (Å²) < 4.78 is 55.1. The number of amides is 1. The lowest BCUT2D eigenvalue weighted by molar-refractivity contribution is -0.385. The van der Waals surface area contributed by atoms with Gasteiger partial charge < -0.3 is 30.2 Å². The zero-order valence-electron chi connectivity index (χ0n) is 27.7. The number of esters is 2. The van der Waals surface area contributed by atoms with Crippen LogP contribution >= 0.6 is 0 Å². The highest BCUT2D eigenvalue weighted by atomic mass is 19.4. The van der Waals surface area contributed by atoms with Gasteiger partial charge in [0.15, 0.2) is 11.5 Å². The van der Waals surface area contributed by atoms with Crippen LogP contribution in [0.25, 0.3) is 10.8 Å². The number of halogens is 3. The number of pyridine rings is 1. The maximum absolute atomic E-state index is 14.8. The molecule has 51 heavy (non-hydrogen) atoms. The number of non-ortho nitro benzene ring substituents is 1. The lowest BCUT2D eigenvalue weighted by Crippen LogP contribution is -2.40. The Balaban J connectivity index is 1.61. The largest absolute Gasteiger partial charge is 0.491 e. The molecule has 1 aromatic heterocycles. The Labute approximate surface area is 289 Å². The smallest absolute Gasteiger partial charge is 0.490 e. The molecule has 0 saturated carbocycles. The number of alkyl halides is 3. The number of hydrogen-bond acceptors (Lipinski definition) is 11. The van der Waals surface area contributed by atoms with Crippen molar-refractivity contribution in [3.8, 4) is 11.5 Å². The van der Waals surface area contributed by atoms with Gasteiger partial charge in [0.05, 0.1) is 29.6 Å². The molecule has 1 aliphatic heterocycles. The molecule has 268 valence electrons. The van der Waals surface area contributed by atoms with E-state index in [0.29, 0.717) is 39.3 Å². The average Bonchev–Trinajstić information content (AvgIpc) is 3.53. The van der Waals surface area contributed by atoms with E-state index < -0.39 is 46.9 Å². The van der Waals surface area contributed by atoms with Crippen molar-refractivity contribution in [1.29, 1.82) is 0 Å². The van der Waals surface area contributed by atoms with E-state index in [1.54, 1.807) is 49.4 Å². The maximum Gasteiger partial charge on any atom is 0.491 e. The third kappa shape index (κ3) is 8.11. The van der Waals surface area contributed by atoms with E-state index in [2.05, 4.69) is 15.0 Å². The fourth-order valence-electron chi connectivity index (χ4n) is 5.98. The van der Waals surface area contributed by atoms with Crippen molar-refractivity contribution < 1.29 is 46.7 Å². The summed E-state index contributed by atoms with van der Waals surface area (Å²) in [5.74, 6) is -5.30.